The second kappa shape index (κ2) is 6.33. The number of hydrogen-bond acceptors (Lipinski definition) is 5. The standard InChI is InChI=1S/C14H20N4O/c1-4-15-14-16-12-8-6-5-7-11(12)13(17-14)19-10-9-18(2)3/h5-8H,4,9-10H2,1-3H3,(H,15,16,17). The normalized spacial score (nSPS) is 10.9. The number of benzene rings is 1. The van der Waals surface area contributed by atoms with E-state index in [2.05, 4.69) is 20.2 Å². The van der Waals surface area contributed by atoms with Gasteiger partial charge in [-0.25, -0.2) is 4.98 Å². The summed E-state index contributed by atoms with van der Waals surface area (Å²) in [6.45, 7) is 4.27. The van der Waals surface area contributed by atoms with Gasteiger partial charge in [0, 0.05) is 13.1 Å². The third kappa shape index (κ3) is 3.54. The second-order valence-corrected chi connectivity index (χ2v) is 4.55. The van der Waals surface area contributed by atoms with Crippen LogP contribution in [-0.2, 0) is 0 Å². The minimum atomic E-state index is 0.611. The monoisotopic (exact) mass is 260 g/mol. The second-order valence-electron chi connectivity index (χ2n) is 4.55. The first-order chi connectivity index (χ1) is 9.20. The van der Waals surface area contributed by atoms with E-state index in [-0.39, 0.29) is 0 Å². The van der Waals surface area contributed by atoms with Crippen molar-refractivity contribution in [2.24, 2.45) is 0 Å². The zero-order valence-corrected chi connectivity index (χ0v) is 11.7. The largest absolute Gasteiger partial charge is 0.476 e. The number of likely N-dealkylation sites (N-methyl/N-ethyl adjacent to an activating group) is 1. The minimum Gasteiger partial charge on any atom is -0.476 e. The Kier molecular flexibility index (Phi) is 4.52. The molecule has 0 bridgehead atoms. The quantitative estimate of drug-likeness (QED) is 0.861. The average molecular weight is 260 g/mol. The Morgan fingerprint density at radius 2 is 2.00 bits per heavy atom. The lowest BCUT2D eigenvalue weighted by molar-refractivity contribution is 0.256. The molecule has 0 spiro atoms. The van der Waals surface area contributed by atoms with Crippen LogP contribution < -0.4 is 10.1 Å². The van der Waals surface area contributed by atoms with Crippen LogP contribution in [0.3, 0.4) is 0 Å². The van der Waals surface area contributed by atoms with Crippen LogP contribution >= 0.6 is 0 Å². The highest BCUT2D eigenvalue weighted by Crippen LogP contribution is 2.23. The van der Waals surface area contributed by atoms with Gasteiger partial charge in [0.25, 0.3) is 0 Å². The lowest BCUT2D eigenvalue weighted by Crippen LogP contribution is -2.20. The average Bonchev–Trinajstić information content (AvgIpc) is 2.38. The molecule has 19 heavy (non-hydrogen) atoms. The van der Waals surface area contributed by atoms with Crippen molar-refractivity contribution in [2.75, 3.05) is 39.1 Å². The molecular weight excluding hydrogens is 240 g/mol. The smallest absolute Gasteiger partial charge is 0.226 e. The lowest BCUT2D eigenvalue weighted by atomic mass is 10.2. The summed E-state index contributed by atoms with van der Waals surface area (Å²) in [5.74, 6) is 1.25. The Morgan fingerprint density at radius 3 is 2.74 bits per heavy atom. The van der Waals surface area contributed by atoms with Crippen LogP contribution in [0.2, 0.25) is 0 Å². The van der Waals surface area contributed by atoms with E-state index in [9.17, 15) is 0 Å². The maximum absolute atomic E-state index is 5.78. The summed E-state index contributed by atoms with van der Waals surface area (Å²) >= 11 is 0. The molecule has 1 N–H and O–H groups in total. The Bertz CT molecular complexity index is 542. The van der Waals surface area contributed by atoms with E-state index in [4.69, 9.17) is 4.74 Å². The van der Waals surface area contributed by atoms with E-state index in [1.165, 1.54) is 0 Å². The van der Waals surface area contributed by atoms with Crippen LogP contribution in [0.5, 0.6) is 5.88 Å². The van der Waals surface area contributed by atoms with Gasteiger partial charge in [-0.05, 0) is 33.2 Å². The number of fused-ring (bicyclic) bond motifs is 1. The van der Waals surface area contributed by atoms with Gasteiger partial charge in [0.05, 0.1) is 10.9 Å². The number of nitrogens with zero attached hydrogens (tertiary/aromatic N) is 3. The van der Waals surface area contributed by atoms with Crippen LogP contribution in [0, 0.1) is 0 Å². The van der Waals surface area contributed by atoms with Gasteiger partial charge >= 0.3 is 0 Å². The zero-order valence-electron chi connectivity index (χ0n) is 11.7. The van der Waals surface area contributed by atoms with Crippen molar-refractivity contribution in [3.05, 3.63) is 24.3 Å². The third-order valence-electron chi connectivity index (χ3n) is 2.68. The first-order valence-corrected chi connectivity index (χ1v) is 6.49. The molecule has 2 rings (SSSR count). The molecule has 102 valence electrons. The maximum atomic E-state index is 5.78. The minimum absolute atomic E-state index is 0.611. The van der Waals surface area contributed by atoms with Gasteiger partial charge < -0.3 is 15.0 Å². The molecule has 0 fully saturated rings. The molecule has 1 aromatic heterocycles. The predicted octanol–water partition coefficient (Wildman–Crippen LogP) is 2.00. The first-order valence-electron chi connectivity index (χ1n) is 6.49. The first kappa shape index (κ1) is 13.5. The van der Waals surface area contributed by atoms with Gasteiger partial charge in [-0.15, -0.1) is 0 Å². The molecule has 0 atom stereocenters. The van der Waals surface area contributed by atoms with Crippen molar-refractivity contribution >= 4 is 16.9 Å². The molecule has 0 unspecified atom stereocenters. The van der Waals surface area contributed by atoms with Crippen LogP contribution in [0.25, 0.3) is 10.9 Å². The molecule has 0 saturated carbocycles. The molecule has 1 aromatic carbocycles. The summed E-state index contributed by atoms with van der Waals surface area (Å²) in [4.78, 5) is 11.0. The fraction of sp³-hybridized carbons (Fsp3) is 0.429. The lowest BCUT2D eigenvalue weighted by Gasteiger charge is -2.13. The molecule has 0 radical (unpaired) electrons. The van der Waals surface area contributed by atoms with Gasteiger partial charge in [-0.3, -0.25) is 0 Å². The highest BCUT2D eigenvalue weighted by molar-refractivity contribution is 5.84. The molecule has 0 amide bonds. The van der Waals surface area contributed by atoms with Crippen molar-refractivity contribution in [2.45, 2.75) is 6.92 Å². The van der Waals surface area contributed by atoms with E-state index in [1.54, 1.807) is 0 Å². The van der Waals surface area contributed by atoms with Crippen LogP contribution in [-0.4, -0.2) is 48.7 Å². The number of rotatable bonds is 6. The third-order valence-corrected chi connectivity index (χ3v) is 2.68. The van der Waals surface area contributed by atoms with Crippen LogP contribution in [0.1, 0.15) is 6.92 Å². The van der Waals surface area contributed by atoms with Crippen LogP contribution in [0.15, 0.2) is 24.3 Å². The Hall–Kier alpha value is -1.88. The van der Waals surface area contributed by atoms with Gasteiger partial charge in [-0.1, -0.05) is 12.1 Å². The summed E-state index contributed by atoms with van der Waals surface area (Å²) in [6, 6.07) is 7.89. The van der Waals surface area contributed by atoms with Gasteiger partial charge in [0.15, 0.2) is 0 Å². The summed E-state index contributed by atoms with van der Waals surface area (Å²) < 4.78 is 5.78. The molecule has 2 aromatic rings. The molecule has 1 heterocycles. The van der Waals surface area contributed by atoms with E-state index < -0.39 is 0 Å². The number of hydrogen-bond donors (Lipinski definition) is 1. The fourth-order valence-corrected chi connectivity index (χ4v) is 1.72. The molecule has 5 nitrogen and oxygen atoms in total. The number of anilines is 1. The summed E-state index contributed by atoms with van der Waals surface area (Å²) in [5, 5.41) is 4.07. The zero-order chi connectivity index (χ0) is 13.7. The van der Waals surface area contributed by atoms with E-state index in [0.717, 1.165) is 24.0 Å². The molecular formula is C14H20N4O. The summed E-state index contributed by atoms with van der Waals surface area (Å²) in [5.41, 5.74) is 0.897. The molecule has 5 heteroatoms. The van der Waals surface area contributed by atoms with Gasteiger partial charge in [0.1, 0.15) is 6.61 Å². The Labute approximate surface area is 113 Å². The van der Waals surface area contributed by atoms with E-state index >= 15 is 0 Å². The number of nitrogens with one attached hydrogen (secondary N) is 1. The SMILES string of the molecule is CCNc1nc(OCCN(C)C)c2ccccc2n1. The molecule has 0 aliphatic heterocycles. The molecule has 0 aliphatic rings. The predicted molar refractivity (Wildman–Crippen MR) is 77.8 cm³/mol. The van der Waals surface area contributed by atoms with Gasteiger partial charge in [0.2, 0.25) is 11.8 Å². The number of para-hydroxylation sites is 1. The van der Waals surface area contributed by atoms with Crippen LogP contribution in [0.4, 0.5) is 5.95 Å². The van der Waals surface area contributed by atoms with E-state index in [0.29, 0.717) is 18.4 Å². The fourth-order valence-electron chi connectivity index (χ4n) is 1.72. The summed E-state index contributed by atoms with van der Waals surface area (Å²) in [7, 11) is 4.04. The number of aromatic nitrogens is 2. The van der Waals surface area contributed by atoms with Gasteiger partial charge in [-0.2, -0.15) is 4.98 Å². The molecule has 0 saturated heterocycles. The maximum Gasteiger partial charge on any atom is 0.226 e. The van der Waals surface area contributed by atoms with Crippen molar-refractivity contribution in [1.29, 1.82) is 0 Å². The Balaban J connectivity index is 2.28. The topological polar surface area (TPSA) is 50.3 Å². The number of ether oxygens (including phenoxy) is 1. The Morgan fingerprint density at radius 1 is 1.21 bits per heavy atom. The van der Waals surface area contributed by atoms with Crippen molar-refractivity contribution in [3.63, 3.8) is 0 Å². The van der Waals surface area contributed by atoms with E-state index in [1.807, 2.05) is 45.3 Å². The molecule has 0 aliphatic carbocycles. The highest BCUT2D eigenvalue weighted by atomic mass is 16.5. The van der Waals surface area contributed by atoms with Crippen molar-refractivity contribution in [3.8, 4) is 5.88 Å². The highest BCUT2D eigenvalue weighted by Gasteiger charge is 2.08. The van der Waals surface area contributed by atoms with Crippen molar-refractivity contribution in [1.82, 2.24) is 14.9 Å². The van der Waals surface area contributed by atoms with Crippen molar-refractivity contribution < 1.29 is 4.74 Å². The summed E-state index contributed by atoms with van der Waals surface area (Å²) in [6.07, 6.45) is 0.